The summed E-state index contributed by atoms with van der Waals surface area (Å²) in [6.45, 7) is 1.99. The number of nitrogens with two attached hydrogens (primary N) is 1. The number of hydrogen-bond acceptors (Lipinski definition) is 5. The standard InChI is InChI=1S/C17H21N3O3S/c1-22-17(21)20-6-2-3-11(9-20)10-23-13-5-4-12-7-15(16(18)19)24-14(12)8-13/h4-5,7-8,11H,2-3,6,9-10H2,1H3,(H3,18,19). The number of carbonyl (C=O) groups excluding carboxylic acids is 1. The molecule has 128 valence electrons. The molecule has 3 rings (SSSR count). The Balaban J connectivity index is 1.62. The van der Waals surface area contributed by atoms with Crippen molar-refractivity contribution in [3.8, 4) is 5.75 Å². The summed E-state index contributed by atoms with van der Waals surface area (Å²) in [5.74, 6) is 1.20. The number of likely N-dealkylation sites (tertiary alicyclic amines) is 1. The van der Waals surface area contributed by atoms with Gasteiger partial charge in [-0.3, -0.25) is 5.41 Å². The number of hydrogen-bond donors (Lipinski definition) is 2. The number of ether oxygens (including phenoxy) is 2. The second kappa shape index (κ2) is 7.09. The topological polar surface area (TPSA) is 88.6 Å². The summed E-state index contributed by atoms with van der Waals surface area (Å²) in [6, 6.07) is 7.81. The number of thiophene rings is 1. The fourth-order valence-electron chi connectivity index (χ4n) is 2.94. The lowest BCUT2D eigenvalue weighted by atomic mass is 9.99. The minimum absolute atomic E-state index is 0.0868. The molecule has 1 saturated heterocycles. The molecular weight excluding hydrogens is 326 g/mol. The molecule has 2 heterocycles. The van der Waals surface area contributed by atoms with Gasteiger partial charge in [-0.05, 0) is 42.5 Å². The Labute approximate surface area is 144 Å². The molecule has 1 unspecified atom stereocenters. The van der Waals surface area contributed by atoms with E-state index in [-0.39, 0.29) is 11.9 Å². The summed E-state index contributed by atoms with van der Waals surface area (Å²) in [6.07, 6.45) is 1.75. The van der Waals surface area contributed by atoms with Crippen LogP contribution in [0.2, 0.25) is 0 Å². The number of nitrogen functional groups attached to an aromatic ring is 1. The van der Waals surface area contributed by atoms with Gasteiger partial charge in [0.1, 0.15) is 11.6 Å². The number of benzene rings is 1. The van der Waals surface area contributed by atoms with Crippen molar-refractivity contribution in [2.75, 3.05) is 26.8 Å². The number of methoxy groups -OCH3 is 1. The quantitative estimate of drug-likeness (QED) is 0.657. The van der Waals surface area contributed by atoms with E-state index < -0.39 is 0 Å². The molecule has 3 N–H and O–H groups in total. The average molecular weight is 347 g/mol. The summed E-state index contributed by atoms with van der Waals surface area (Å²) < 4.78 is 11.8. The van der Waals surface area contributed by atoms with E-state index in [0.717, 1.165) is 40.1 Å². The van der Waals surface area contributed by atoms with Gasteiger partial charge >= 0.3 is 6.09 Å². The van der Waals surface area contributed by atoms with Crippen LogP contribution in [0.4, 0.5) is 4.79 Å². The van der Waals surface area contributed by atoms with Crippen LogP contribution in [0.5, 0.6) is 5.75 Å². The van der Waals surface area contributed by atoms with Crippen LogP contribution >= 0.6 is 11.3 Å². The van der Waals surface area contributed by atoms with Gasteiger partial charge < -0.3 is 20.1 Å². The van der Waals surface area contributed by atoms with Crippen molar-refractivity contribution in [2.45, 2.75) is 12.8 Å². The summed E-state index contributed by atoms with van der Waals surface area (Å²) in [5.41, 5.74) is 5.54. The van der Waals surface area contributed by atoms with E-state index in [1.165, 1.54) is 18.4 Å². The zero-order chi connectivity index (χ0) is 17.1. The third-order valence-corrected chi connectivity index (χ3v) is 5.33. The van der Waals surface area contributed by atoms with Crippen molar-refractivity contribution in [3.63, 3.8) is 0 Å². The monoisotopic (exact) mass is 347 g/mol. The molecule has 0 bridgehead atoms. The first-order valence-corrected chi connectivity index (χ1v) is 8.72. The maximum Gasteiger partial charge on any atom is 0.409 e. The van der Waals surface area contributed by atoms with E-state index in [9.17, 15) is 4.79 Å². The lowest BCUT2D eigenvalue weighted by molar-refractivity contribution is 0.0904. The van der Waals surface area contributed by atoms with Gasteiger partial charge in [0.25, 0.3) is 0 Å². The van der Waals surface area contributed by atoms with E-state index in [1.54, 1.807) is 4.90 Å². The molecule has 0 spiro atoms. The van der Waals surface area contributed by atoms with Crippen molar-refractivity contribution in [2.24, 2.45) is 11.7 Å². The number of nitrogens with one attached hydrogen (secondary N) is 1. The van der Waals surface area contributed by atoms with Gasteiger partial charge in [0, 0.05) is 23.7 Å². The molecule has 2 aromatic rings. The van der Waals surface area contributed by atoms with Gasteiger partial charge in [0.2, 0.25) is 0 Å². The highest BCUT2D eigenvalue weighted by molar-refractivity contribution is 7.20. The summed E-state index contributed by atoms with van der Waals surface area (Å²) in [5, 5.41) is 8.58. The number of carbonyl (C=O) groups is 1. The molecule has 0 aliphatic carbocycles. The first-order valence-electron chi connectivity index (χ1n) is 7.90. The van der Waals surface area contributed by atoms with E-state index in [4.69, 9.17) is 20.6 Å². The first-order chi connectivity index (χ1) is 11.6. The Hall–Kier alpha value is -2.28. The zero-order valence-corrected chi connectivity index (χ0v) is 14.4. The SMILES string of the molecule is COC(=O)N1CCCC(COc2ccc3cc(C(=N)N)sc3c2)C1. The predicted octanol–water partition coefficient (Wildman–Crippen LogP) is 3.04. The average Bonchev–Trinajstić information content (AvgIpc) is 3.03. The highest BCUT2D eigenvalue weighted by Crippen LogP contribution is 2.29. The number of nitrogens with zero attached hydrogens (tertiary/aromatic N) is 1. The summed E-state index contributed by atoms with van der Waals surface area (Å²) in [4.78, 5) is 14.1. The maximum atomic E-state index is 11.6. The number of piperidine rings is 1. The number of amidine groups is 1. The molecule has 1 aliphatic heterocycles. The number of rotatable bonds is 4. The molecular formula is C17H21N3O3S. The molecule has 1 aromatic carbocycles. The smallest absolute Gasteiger partial charge is 0.409 e. The zero-order valence-electron chi connectivity index (χ0n) is 13.6. The fourth-order valence-corrected chi connectivity index (χ4v) is 3.90. The van der Waals surface area contributed by atoms with Crippen LogP contribution in [0.3, 0.4) is 0 Å². The van der Waals surface area contributed by atoms with E-state index >= 15 is 0 Å². The summed E-state index contributed by atoms with van der Waals surface area (Å²) in [7, 11) is 1.41. The lowest BCUT2D eigenvalue weighted by Crippen LogP contribution is -2.41. The van der Waals surface area contributed by atoms with Crippen LogP contribution in [-0.2, 0) is 4.74 Å². The molecule has 24 heavy (non-hydrogen) atoms. The van der Waals surface area contributed by atoms with Crippen LogP contribution in [0.15, 0.2) is 24.3 Å². The van der Waals surface area contributed by atoms with Crippen LogP contribution < -0.4 is 10.5 Å². The highest BCUT2D eigenvalue weighted by atomic mass is 32.1. The minimum atomic E-state index is -0.267. The van der Waals surface area contributed by atoms with E-state index in [2.05, 4.69) is 0 Å². The van der Waals surface area contributed by atoms with Gasteiger partial charge in [-0.15, -0.1) is 11.3 Å². The molecule has 1 aromatic heterocycles. The van der Waals surface area contributed by atoms with Crippen molar-refractivity contribution in [1.82, 2.24) is 4.90 Å². The molecule has 0 saturated carbocycles. The third-order valence-electron chi connectivity index (χ3n) is 4.19. The van der Waals surface area contributed by atoms with Crippen LogP contribution in [-0.4, -0.2) is 43.6 Å². The van der Waals surface area contributed by atoms with Gasteiger partial charge in [-0.1, -0.05) is 0 Å². The van der Waals surface area contributed by atoms with Crippen LogP contribution in [0.1, 0.15) is 17.7 Å². The van der Waals surface area contributed by atoms with Crippen LogP contribution in [0, 0.1) is 11.3 Å². The molecule has 1 fully saturated rings. The van der Waals surface area contributed by atoms with Crippen LogP contribution in [0.25, 0.3) is 10.1 Å². The Morgan fingerprint density at radius 2 is 2.29 bits per heavy atom. The Morgan fingerprint density at radius 3 is 3.04 bits per heavy atom. The second-order valence-corrected chi connectivity index (χ2v) is 7.04. The highest BCUT2D eigenvalue weighted by Gasteiger charge is 2.24. The molecule has 1 amide bonds. The molecule has 7 heteroatoms. The minimum Gasteiger partial charge on any atom is -0.493 e. The Kier molecular flexibility index (Phi) is 4.89. The van der Waals surface area contributed by atoms with Crippen molar-refractivity contribution >= 4 is 33.4 Å². The normalized spacial score (nSPS) is 17.7. The molecule has 6 nitrogen and oxygen atoms in total. The first kappa shape index (κ1) is 16.6. The maximum absolute atomic E-state index is 11.6. The fraction of sp³-hybridized carbons (Fsp3) is 0.412. The molecule has 1 atom stereocenters. The van der Waals surface area contributed by atoms with Gasteiger partial charge in [0.15, 0.2) is 0 Å². The number of amides is 1. The third kappa shape index (κ3) is 3.62. The van der Waals surface area contributed by atoms with E-state index in [0.29, 0.717) is 19.1 Å². The van der Waals surface area contributed by atoms with E-state index in [1.807, 2.05) is 24.3 Å². The van der Waals surface area contributed by atoms with Gasteiger partial charge in [0.05, 0.1) is 18.6 Å². The Bertz CT molecular complexity index is 759. The molecule has 1 aliphatic rings. The largest absolute Gasteiger partial charge is 0.493 e. The van der Waals surface area contributed by atoms with Gasteiger partial charge in [-0.25, -0.2) is 4.79 Å². The number of fused-ring (bicyclic) bond motifs is 1. The lowest BCUT2D eigenvalue weighted by Gasteiger charge is -2.31. The second-order valence-electron chi connectivity index (χ2n) is 5.96. The van der Waals surface area contributed by atoms with Gasteiger partial charge in [-0.2, -0.15) is 0 Å². The predicted molar refractivity (Wildman–Crippen MR) is 95.0 cm³/mol. The summed E-state index contributed by atoms with van der Waals surface area (Å²) >= 11 is 1.49. The van der Waals surface area contributed by atoms with Crippen molar-refractivity contribution in [3.05, 3.63) is 29.1 Å². The Morgan fingerprint density at radius 1 is 1.46 bits per heavy atom. The van der Waals surface area contributed by atoms with Crippen molar-refractivity contribution < 1.29 is 14.3 Å². The molecule has 0 radical (unpaired) electrons. The van der Waals surface area contributed by atoms with Crippen molar-refractivity contribution in [1.29, 1.82) is 5.41 Å².